The molecule has 0 aromatic rings. The number of hydrogen-bond donors (Lipinski definition) is 1. The minimum Gasteiger partial charge on any atom is -0.349 e. The average molecular weight is 228 g/mol. The van der Waals surface area contributed by atoms with E-state index in [2.05, 4.69) is 14.6 Å². The van der Waals surface area contributed by atoms with Gasteiger partial charge in [-0.3, -0.25) is 0 Å². The topological polar surface area (TPSA) is 38.0 Å². The molecule has 0 amide bonds. The maximum atomic E-state index is 6.95. The van der Waals surface area contributed by atoms with Gasteiger partial charge in [0.05, 0.1) is 5.57 Å². The summed E-state index contributed by atoms with van der Waals surface area (Å²) < 4.78 is 0. The quantitative estimate of drug-likeness (QED) is 0.754. The normalized spacial score (nSPS) is 14.6. The summed E-state index contributed by atoms with van der Waals surface area (Å²) in [7, 11) is 0. The van der Waals surface area contributed by atoms with E-state index in [1.165, 1.54) is 0 Å². The fourth-order valence-corrected chi connectivity index (χ4v) is 1.81. The molecule has 0 aliphatic carbocycles. The fourth-order valence-electron chi connectivity index (χ4n) is 1.81. The zero-order valence-corrected chi connectivity index (χ0v) is 10.2. The molecule has 4 nitrogen and oxygen atoms in total. The van der Waals surface area contributed by atoms with E-state index in [0.717, 1.165) is 24.4 Å². The molecule has 0 radical (unpaired) electrons. The lowest BCUT2D eigenvalue weighted by Crippen LogP contribution is -2.25. The second-order valence-electron chi connectivity index (χ2n) is 3.87. The highest BCUT2D eigenvalue weighted by Gasteiger charge is 2.18. The maximum absolute atomic E-state index is 6.95. The third kappa shape index (κ3) is 2.96. The number of rotatable bonds is 3. The lowest BCUT2D eigenvalue weighted by atomic mass is 10.1. The van der Waals surface area contributed by atoms with Crippen LogP contribution in [0.5, 0.6) is 0 Å². The number of nitrogens with two attached hydrogens (primary N) is 1. The summed E-state index contributed by atoms with van der Waals surface area (Å²) in [4.78, 5) is 8.62. The Bertz CT molecular complexity index is 431. The minimum absolute atomic E-state index is 0.127. The Morgan fingerprint density at radius 3 is 2.18 bits per heavy atom. The molecule has 17 heavy (non-hydrogen) atoms. The van der Waals surface area contributed by atoms with Gasteiger partial charge < -0.3 is 10.6 Å². The Balaban J connectivity index is 3.04. The monoisotopic (exact) mass is 228 g/mol. The molecule has 88 valence electrons. The molecule has 1 rings (SSSR count). The van der Waals surface area contributed by atoms with E-state index in [0.29, 0.717) is 12.1 Å². The molecular formula is C13H16N4. The van der Waals surface area contributed by atoms with Crippen LogP contribution in [0.15, 0.2) is 34.9 Å². The fraction of sp³-hybridized carbons (Fsp3) is 0.385. The maximum Gasteiger partial charge on any atom is 0.526 e. The molecule has 1 aliphatic heterocycles. The van der Waals surface area contributed by atoms with Gasteiger partial charge in [-0.25, -0.2) is 0 Å². The molecule has 0 atom stereocenters. The van der Waals surface area contributed by atoms with E-state index in [1.54, 1.807) is 0 Å². The van der Waals surface area contributed by atoms with Gasteiger partial charge >= 0.3 is 5.82 Å². The predicted molar refractivity (Wildman–Crippen MR) is 68.1 cm³/mol. The van der Waals surface area contributed by atoms with Crippen molar-refractivity contribution >= 4 is 0 Å². The zero-order chi connectivity index (χ0) is 12.8. The highest BCUT2D eigenvalue weighted by Crippen LogP contribution is 2.25. The van der Waals surface area contributed by atoms with Crippen LogP contribution in [-0.2, 0) is 0 Å². The molecule has 1 aliphatic rings. The van der Waals surface area contributed by atoms with Gasteiger partial charge in [0, 0.05) is 17.9 Å². The van der Waals surface area contributed by atoms with Crippen LogP contribution in [0.2, 0.25) is 0 Å². The van der Waals surface area contributed by atoms with Crippen molar-refractivity contribution in [2.45, 2.75) is 20.3 Å². The summed E-state index contributed by atoms with van der Waals surface area (Å²) in [6.07, 6.45) is 4.69. The molecular weight excluding hydrogens is 212 g/mol. The predicted octanol–water partition coefficient (Wildman–Crippen LogP) is 2.51. The third-order valence-electron chi connectivity index (χ3n) is 2.64. The molecule has 0 unspecified atom stereocenters. The van der Waals surface area contributed by atoms with Crippen molar-refractivity contribution in [1.29, 1.82) is 0 Å². The van der Waals surface area contributed by atoms with Gasteiger partial charge in [-0.05, 0) is 39.0 Å². The summed E-state index contributed by atoms with van der Waals surface area (Å²) in [6.45, 7) is 19.4. The van der Waals surface area contributed by atoms with Crippen molar-refractivity contribution in [2.75, 3.05) is 13.1 Å². The SMILES string of the molecule is [C-]#[N+]C([N+]#[C-])=C1C=C(C)N(CCCN)C(C)=C1. The van der Waals surface area contributed by atoms with Crippen LogP contribution in [0.25, 0.3) is 9.69 Å². The summed E-state index contributed by atoms with van der Waals surface area (Å²) >= 11 is 0. The van der Waals surface area contributed by atoms with Crippen molar-refractivity contribution in [3.05, 3.63) is 57.8 Å². The van der Waals surface area contributed by atoms with Crippen LogP contribution in [0.3, 0.4) is 0 Å². The Hall–Kier alpha value is -2.04. The van der Waals surface area contributed by atoms with E-state index in [-0.39, 0.29) is 5.82 Å². The number of nitrogens with zero attached hydrogens (tertiary/aromatic N) is 3. The lowest BCUT2D eigenvalue weighted by molar-refractivity contribution is 0.417. The minimum atomic E-state index is 0.127. The third-order valence-corrected chi connectivity index (χ3v) is 2.64. The zero-order valence-electron chi connectivity index (χ0n) is 10.2. The largest absolute Gasteiger partial charge is 0.526 e. The highest BCUT2D eigenvalue weighted by molar-refractivity contribution is 5.46. The lowest BCUT2D eigenvalue weighted by Gasteiger charge is -2.29. The van der Waals surface area contributed by atoms with Crippen LogP contribution in [0.1, 0.15) is 20.3 Å². The van der Waals surface area contributed by atoms with Gasteiger partial charge in [-0.2, -0.15) is 9.69 Å². The first-order valence-corrected chi connectivity index (χ1v) is 5.47. The smallest absolute Gasteiger partial charge is 0.349 e. The van der Waals surface area contributed by atoms with E-state index < -0.39 is 0 Å². The van der Waals surface area contributed by atoms with E-state index in [1.807, 2.05) is 26.0 Å². The van der Waals surface area contributed by atoms with Crippen LogP contribution < -0.4 is 5.73 Å². The Labute approximate surface area is 102 Å². The van der Waals surface area contributed by atoms with Crippen molar-refractivity contribution in [1.82, 2.24) is 4.90 Å². The highest BCUT2D eigenvalue weighted by atomic mass is 15.1. The van der Waals surface area contributed by atoms with Crippen LogP contribution in [0, 0.1) is 13.1 Å². The van der Waals surface area contributed by atoms with Crippen molar-refractivity contribution in [2.24, 2.45) is 5.73 Å². The Morgan fingerprint density at radius 2 is 1.76 bits per heavy atom. The molecule has 0 fully saturated rings. The van der Waals surface area contributed by atoms with Gasteiger partial charge in [-0.15, -0.1) is 0 Å². The molecule has 0 spiro atoms. The molecule has 1 heterocycles. The second-order valence-corrected chi connectivity index (χ2v) is 3.87. The molecule has 4 heteroatoms. The number of allylic oxidation sites excluding steroid dienone is 5. The first-order chi connectivity index (χ1) is 8.13. The van der Waals surface area contributed by atoms with Gasteiger partial charge in [0.1, 0.15) is 13.1 Å². The molecule has 0 aromatic heterocycles. The van der Waals surface area contributed by atoms with Gasteiger partial charge in [0.15, 0.2) is 0 Å². The standard InChI is InChI=1S/C13H16N4/c1-10-8-12(13(15-3)16-4)9-11(2)17(10)7-5-6-14/h8-9H,5-7,14H2,1-2H3. The van der Waals surface area contributed by atoms with Crippen molar-refractivity contribution in [3.8, 4) is 0 Å². The molecule has 2 N–H and O–H groups in total. The average Bonchev–Trinajstić information content (AvgIpc) is 2.30. The molecule has 0 saturated carbocycles. The summed E-state index contributed by atoms with van der Waals surface area (Å²) in [5.74, 6) is 0.127. The second kappa shape index (κ2) is 5.89. The van der Waals surface area contributed by atoms with Crippen LogP contribution in [-0.4, -0.2) is 18.0 Å². The molecule has 0 bridgehead atoms. The van der Waals surface area contributed by atoms with Crippen LogP contribution in [0.4, 0.5) is 0 Å². The summed E-state index contributed by atoms with van der Waals surface area (Å²) in [5.41, 5.74) is 8.31. The van der Waals surface area contributed by atoms with Gasteiger partial charge in [0.2, 0.25) is 0 Å². The number of hydrogen-bond acceptors (Lipinski definition) is 2. The van der Waals surface area contributed by atoms with Crippen LogP contribution >= 0.6 is 0 Å². The summed E-state index contributed by atoms with van der Waals surface area (Å²) in [5, 5.41) is 0. The van der Waals surface area contributed by atoms with Crippen molar-refractivity contribution in [3.63, 3.8) is 0 Å². The van der Waals surface area contributed by atoms with Gasteiger partial charge in [0.25, 0.3) is 0 Å². The van der Waals surface area contributed by atoms with E-state index in [9.17, 15) is 0 Å². The summed E-state index contributed by atoms with van der Waals surface area (Å²) in [6, 6.07) is 0. The van der Waals surface area contributed by atoms with Gasteiger partial charge in [-0.1, -0.05) is 0 Å². The first-order valence-electron chi connectivity index (χ1n) is 5.47. The Kier molecular flexibility index (Phi) is 4.51. The van der Waals surface area contributed by atoms with E-state index >= 15 is 0 Å². The first kappa shape index (κ1) is 13.0. The van der Waals surface area contributed by atoms with Crippen molar-refractivity contribution < 1.29 is 0 Å². The van der Waals surface area contributed by atoms with E-state index in [4.69, 9.17) is 18.9 Å². The molecule has 0 aromatic carbocycles. The molecule has 0 saturated heterocycles. The Morgan fingerprint density at radius 1 is 1.24 bits per heavy atom.